The van der Waals surface area contributed by atoms with Crippen molar-refractivity contribution in [2.75, 3.05) is 0 Å². The van der Waals surface area contributed by atoms with Crippen LogP contribution in [0.4, 0.5) is 17.6 Å². The van der Waals surface area contributed by atoms with E-state index in [0.717, 1.165) is 17.6 Å². The van der Waals surface area contributed by atoms with Gasteiger partial charge >= 0.3 is 376 Å². The van der Waals surface area contributed by atoms with Gasteiger partial charge in [-0.15, -0.1) is 0 Å². The molecule has 0 N–H and O–H groups in total. The number of hydrogen-bond donors (Lipinski definition) is 0. The van der Waals surface area contributed by atoms with Crippen LogP contribution in [0, 0.1) is 23.3 Å². The first-order chi connectivity index (χ1) is 31.8. The van der Waals surface area contributed by atoms with E-state index in [1.54, 1.807) is 48.5 Å². The zero-order chi connectivity index (χ0) is 44.3. The molecular weight excluding hydrogens is 881 g/mol. The third-order valence-electron chi connectivity index (χ3n) is 11.1. The summed E-state index contributed by atoms with van der Waals surface area (Å²) in [5, 5.41) is 0. The first kappa shape index (κ1) is 41.1. The van der Waals surface area contributed by atoms with Crippen molar-refractivity contribution in [2.45, 2.75) is 0 Å². The first-order valence-electron chi connectivity index (χ1n) is 20.7. The van der Waals surface area contributed by atoms with Crippen molar-refractivity contribution in [3.8, 4) is 68.3 Å². The van der Waals surface area contributed by atoms with Gasteiger partial charge in [0.25, 0.3) is 0 Å². The van der Waals surface area contributed by atoms with E-state index in [1.807, 2.05) is 60.7 Å². The zero-order valence-corrected chi connectivity index (χ0v) is 36.4. The van der Waals surface area contributed by atoms with Crippen molar-refractivity contribution in [1.82, 2.24) is 29.9 Å². The standard InChI is InChI=1S/C54H34F4GeN6/c55-41-19-7-13-35(29-41)49-60-50(36-14-8-20-42(56)30-36)63-53(62-49)39-17-11-27-47(33-39)59(45-23-3-1-4-24-45,46-25-5-2-6-26-46)48-28-12-18-40(34-48)54-64-51(37-15-9-21-43(57)31-37)61-52(65-54)38-16-10-22-44(58)32-38/h1-34H. The predicted octanol–water partition coefficient (Wildman–Crippen LogP) is 9.99. The molecular formula is C54H34F4GeN6. The van der Waals surface area contributed by atoms with Crippen molar-refractivity contribution < 1.29 is 17.6 Å². The van der Waals surface area contributed by atoms with Crippen molar-refractivity contribution in [3.63, 3.8) is 0 Å². The van der Waals surface area contributed by atoms with Gasteiger partial charge in [-0.2, -0.15) is 0 Å². The number of benzene rings is 8. The quantitative estimate of drug-likeness (QED) is 0.101. The minimum atomic E-state index is -4.12. The third kappa shape index (κ3) is 8.35. The molecule has 0 atom stereocenters. The summed E-state index contributed by atoms with van der Waals surface area (Å²) in [6, 6.07) is 61.2. The van der Waals surface area contributed by atoms with Crippen LogP contribution in [-0.2, 0) is 0 Å². The molecule has 11 heteroatoms. The first-order valence-corrected chi connectivity index (χ1v) is 24.9. The summed E-state index contributed by atoms with van der Waals surface area (Å²) in [5.41, 5.74) is 3.13. The third-order valence-corrected chi connectivity index (χ3v) is 21.1. The van der Waals surface area contributed by atoms with Crippen LogP contribution in [0.2, 0.25) is 0 Å². The average Bonchev–Trinajstić information content (AvgIpc) is 3.35. The van der Waals surface area contributed by atoms with Crippen molar-refractivity contribution in [2.24, 2.45) is 0 Å². The van der Waals surface area contributed by atoms with Gasteiger partial charge in [-0.3, -0.25) is 0 Å². The topological polar surface area (TPSA) is 77.3 Å². The molecule has 2 heterocycles. The Labute approximate surface area is 374 Å². The van der Waals surface area contributed by atoms with Crippen LogP contribution in [0.25, 0.3) is 68.3 Å². The van der Waals surface area contributed by atoms with E-state index in [-0.39, 0.29) is 23.3 Å². The van der Waals surface area contributed by atoms with Gasteiger partial charge < -0.3 is 0 Å². The zero-order valence-electron chi connectivity index (χ0n) is 34.3. The normalized spacial score (nSPS) is 11.4. The predicted molar refractivity (Wildman–Crippen MR) is 249 cm³/mol. The van der Waals surface area contributed by atoms with Gasteiger partial charge in [-0.05, 0) is 0 Å². The molecule has 0 radical (unpaired) electrons. The molecule has 0 amide bonds. The Morgan fingerprint density at radius 3 is 0.723 bits per heavy atom. The maximum absolute atomic E-state index is 14.6. The molecule has 8 aromatic carbocycles. The molecule has 0 aliphatic heterocycles. The molecule has 6 nitrogen and oxygen atoms in total. The number of hydrogen-bond acceptors (Lipinski definition) is 6. The summed E-state index contributed by atoms with van der Waals surface area (Å²) in [5.74, 6) is -0.199. The van der Waals surface area contributed by atoms with E-state index >= 15 is 0 Å². The second kappa shape index (κ2) is 17.7. The number of nitrogens with zero attached hydrogens (tertiary/aromatic N) is 6. The Bertz CT molecular complexity index is 3000. The Balaban J connectivity index is 1.20. The second-order valence-electron chi connectivity index (χ2n) is 15.3. The monoisotopic (exact) mass is 916 g/mol. The summed E-state index contributed by atoms with van der Waals surface area (Å²) in [4.78, 5) is 29.0. The molecule has 0 bridgehead atoms. The summed E-state index contributed by atoms with van der Waals surface area (Å²) < 4.78 is 62.8. The molecule has 0 spiro atoms. The second-order valence-corrected chi connectivity index (χ2v) is 23.3. The van der Waals surface area contributed by atoms with Gasteiger partial charge in [0.15, 0.2) is 0 Å². The van der Waals surface area contributed by atoms with E-state index in [0.29, 0.717) is 45.0 Å². The van der Waals surface area contributed by atoms with Gasteiger partial charge in [-0.1, -0.05) is 0 Å². The molecule has 10 rings (SSSR count). The van der Waals surface area contributed by atoms with Crippen LogP contribution in [0.5, 0.6) is 0 Å². The average molecular weight is 916 g/mol. The Kier molecular flexibility index (Phi) is 11.2. The number of halogens is 4. The van der Waals surface area contributed by atoms with Crippen molar-refractivity contribution >= 4 is 30.8 Å². The van der Waals surface area contributed by atoms with Crippen LogP contribution in [-0.4, -0.2) is 43.2 Å². The van der Waals surface area contributed by atoms with Crippen LogP contribution in [0.15, 0.2) is 206 Å². The summed E-state index contributed by atoms with van der Waals surface area (Å²) in [6.45, 7) is 0. The van der Waals surface area contributed by atoms with Gasteiger partial charge in [0.05, 0.1) is 0 Å². The van der Waals surface area contributed by atoms with E-state index in [2.05, 4.69) is 48.5 Å². The van der Waals surface area contributed by atoms with E-state index in [4.69, 9.17) is 29.9 Å². The molecule has 10 aromatic rings. The van der Waals surface area contributed by atoms with Gasteiger partial charge in [-0.25, -0.2) is 0 Å². The maximum atomic E-state index is 14.6. The molecule has 0 aliphatic carbocycles. The van der Waals surface area contributed by atoms with Crippen LogP contribution >= 0.6 is 0 Å². The molecule has 2 aromatic heterocycles. The number of aromatic nitrogens is 6. The van der Waals surface area contributed by atoms with Gasteiger partial charge in [0.1, 0.15) is 0 Å². The molecule has 0 fully saturated rings. The van der Waals surface area contributed by atoms with Crippen molar-refractivity contribution in [3.05, 3.63) is 230 Å². The van der Waals surface area contributed by atoms with E-state index < -0.39 is 36.5 Å². The molecule has 0 saturated carbocycles. The van der Waals surface area contributed by atoms with Crippen LogP contribution in [0.3, 0.4) is 0 Å². The fourth-order valence-electron chi connectivity index (χ4n) is 8.20. The van der Waals surface area contributed by atoms with Crippen LogP contribution in [0.1, 0.15) is 0 Å². The van der Waals surface area contributed by atoms with Gasteiger partial charge in [0.2, 0.25) is 0 Å². The van der Waals surface area contributed by atoms with E-state index in [1.165, 1.54) is 48.5 Å². The fourth-order valence-corrected chi connectivity index (χ4v) is 18.3. The summed E-state index contributed by atoms with van der Waals surface area (Å²) in [6.07, 6.45) is 0. The van der Waals surface area contributed by atoms with Crippen molar-refractivity contribution in [1.29, 1.82) is 0 Å². The molecule has 65 heavy (non-hydrogen) atoms. The Morgan fingerprint density at radius 1 is 0.231 bits per heavy atom. The van der Waals surface area contributed by atoms with Crippen LogP contribution < -0.4 is 17.6 Å². The Morgan fingerprint density at radius 2 is 0.462 bits per heavy atom. The van der Waals surface area contributed by atoms with E-state index in [9.17, 15) is 17.6 Å². The molecule has 0 saturated heterocycles. The Hall–Kier alpha value is -7.96. The molecule has 0 unspecified atom stereocenters. The van der Waals surface area contributed by atoms with Gasteiger partial charge in [0, 0.05) is 0 Å². The SMILES string of the molecule is Fc1cccc(-c2nc(-c3cccc(F)c3)nc(-c3ccc[c]([Ge]([c]4ccccc4)([c]4ccccc4)[c]4cccc(-c5nc(-c6cccc(F)c6)nc(-c6cccc(F)c6)n5)c4)c3)n2)c1. The molecule has 312 valence electrons. The molecule has 0 aliphatic rings. The number of rotatable bonds is 10. The summed E-state index contributed by atoms with van der Waals surface area (Å²) >= 11 is -4.12. The minimum absolute atomic E-state index is 0.235. The fraction of sp³-hybridized carbons (Fsp3) is 0. The summed E-state index contributed by atoms with van der Waals surface area (Å²) in [7, 11) is 0.